The molecule has 132 valence electrons. The average Bonchev–Trinajstić information content (AvgIpc) is 2.56. The van der Waals surface area contributed by atoms with Crippen LogP contribution < -0.4 is 10.4 Å². The van der Waals surface area contributed by atoms with E-state index in [9.17, 15) is 19.7 Å². The fourth-order valence-electron chi connectivity index (χ4n) is 2.48. The maximum atomic E-state index is 11.5. The Hall–Kier alpha value is -3.19. The molecule has 0 aliphatic rings. The number of rotatable bonds is 4. The van der Waals surface area contributed by atoms with Crippen molar-refractivity contribution in [3.63, 3.8) is 0 Å². The Morgan fingerprint density at radius 1 is 1.19 bits per heavy atom. The van der Waals surface area contributed by atoms with E-state index in [4.69, 9.17) is 20.8 Å². The van der Waals surface area contributed by atoms with Crippen molar-refractivity contribution in [3.8, 4) is 11.5 Å². The van der Waals surface area contributed by atoms with Gasteiger partial charge in [0.25, 0.3) is 0 Å². The normalized spacial score (nSPS) is 10.7. The molecule has 8 heteroatoms. The molecule has 0 bridgehead atoms. The minimum absolute atomic E-state index is 0.0868. The molecule has 0 saturated carbocycles. The summed E-state index contributed by atoms with van der Waals surface area (Å²) in [5, 5.41) is 12.1. The van der Waals surface area contributed by atoms with Gasteiger partial charge >= 0.3 is 11.3 Å². The van der Waals surface area contributed by atoms with Gasteiger partial charge < -0.3 is 9.15 Å². The lowest BCUT2D eigenvalue weighted by molar-refractivity contribution is -0.385. The van der Waals surface area contributed by atoms with Crippen LogP contribution in [0.25, 0.3) is 11.0 Å². The Balaban J connectivity index is 2.11. The first-order valence-corrected chi connectivity index (χ1v) is 7.85. The summed E-state index contributed by atoms with van der Waals surface area (Å²) in [6.07, 6.45) is 0. The molecule has 3 rings (SSSR count). The van der Waals surface area contributed by atoms with E-state index in [0.717, 1.165) is 6.07 Å². The Morgan fingerprint density at radius 2 is 1.92 bits per heavy atom. The number of hydrogen-bond acceptors (Lipinski definition) is 6. The van der Waals surface area contributed by atoms with Gasteiger partial charge in [-0.2, -0.15) is 0 Å². The third-order valence-corrected chi connectivity index (χ3v) is 4.08. The largest absolute Gasteiger partial charge is 0.448 e. The first kappa shape index (κ1) is 17.6. The van der Waals surface area contributed by atoms with Crippen molar-refractivity contribution in [2.75, 3.05) is 0 Å². The summed E-state index contributed by atoms with van der Waals surface area (Å²) in [5.41, 5.74) is 0.216. The van der Waals surface area contributed by atoms with Gasteiger partial charge in [-0.25, -0.2) is 4.79 Å². The van der Waals surface area contributed by atoms with Crippen LogP contribution in [0.2, 0.25) is 5.02 Å². The summed E-state index contributed by atoms with van der Waals surface area (Å²) < 4.78 is 10.7. The van der Waals surface area contributed by atoms with Gasteiger partial charge in [0, 0.05) is 29.1 Å². The van der Waals surface area contributed by atoms with Crippen molar-refractivity contribution in [2.24, 2.45) is 0 Å². The highest BCUT2D eigenvalue weighted by atomic mass is 35.5. The lowest BCUT2D eigenvalue weighted by Crippen LogP contribution is -2.00. The molecule has 0 aliphatic carbocycles. The minimum atomic E-state index is -0.652. The summed E-state index contributed by atoms with van der Waals surface area (Å²) in [6, 6.07) is 8.17. The Labute approximate surface area is 151 Å². The van der Waals surface area contributed by atoms with E-state index in [1.165, 1.54) is 31.2 Å². The number of benzene rings is 2. The number of nitrogens with zero attached hydrogens (tertiary/aromatic N) is 1. The van der Waals surface area contributed by atoms with E-state index in [2.05, 4.69) is 0 Å². The van der Waals surface area contributed by atoms with Gasteiger partial charge in [-0.05, 0) is 37.6 Å². The van der Waals surface area contributed by atoms with E-state index >= 15 is 0 Å². The van der Waals surface area contributed by atoms with Crippen molar-refractivity contribution in [1.82, 2.24) is 0 Å². The number of nitro groups is 1. The quantitative estimate of drug-likeness (QED) is 0.285. The molecule has 1 aromatic heterocycles. The molecule has 2 aromatic carbocycles. The monoisotopic (exact) mass is 373 g/mol. The number of nitro benzene ring substituents is 1. The number of ether oxygens (including phenoxy) is 1. The van der Waals surface area contributed by atoms with Crippen LogP contribution in [0, 0.1) is 17.0 Å². The number of aryl methyl sites for hydroxylation is 1. The van der Waals surface area contributed by atoms with Crippen LogP contribution in [-0.4, -0.2) is 10.7 Å². The zero-order valence-electron chi connectivity index (χ0n) is 13.7. The van der Waals surface area contributed by atoms with Crippen LogP contribution in [0.3, 0.4) is 0 Å². The number of fused-ring (bicyclic) bond motifs is 1. The molecule has 0 saturated heterocycles. The van der Waals surface area contributed by atoms with Gasteiger partial charge in [0.05, 0.1) is 9.95 Å². The highest BCUT2D eigenvalue weighted by Gasteiger charge is 2.20. The van der Waals surface area contributed by atoms with Crippen LogP contribution in [-0.2, 0) is 0 Å². The van der Waals surface area contributed by atoms with Gasteiger partial charge in [-0.3, -0.25) is 14.9 Å². The molecule has 0 radical (unpaired) electrons. The van der Waals surface area contributed by atoms with Crippen LogP contribution in [0.4, 0.5) is 5.69 Å². The smallest absolute Gasteiger partial charge is 0.336 e. The predicted octanol–water partition coefficient (Wildman–Crippen LogP) is 4.66. The summed E-state index contributed by atoms with van der Waals surface area (Å²) in [4.78, 5) is 33.6. The van der Waals surface area contributed by atoms with Gasteiger partial charge in [0.2, 0.25) is 5.75 Å². The van der Waals surface area contributed by atoms with Crippen molar-refractivity contribution in [2.45, 2.75) is 13.8 Å². The highest BCUT2D eigenvalue weighted by molar-refractivity contribution is 6.32. The van der Waals surface area contributed by atoms with Gasteiger partial charge in [-0.15, -0.1) is 0 Å². The molecule has 3 aromatic rings. The van der Waals surface area contributed by atoms with Crippen LogP contribution >= 0.6 is 11.6 Å². The second-order valence-electron chi connectivity index (χ2n) is 5.63. The molecule has 26 heavy (non-hydrogen) atoms. The molecular weight excluding hydrogens is 362 g/mol. The molecule has 1 heterocycles. The summed E-state index contributed by atoms with van der Waals surface area (Å²) in [7, 11) is 0. The maximum absolute atomic E-state index is 11.5. The zero-order valence-corrected chi connectivity index (χ0v) is 14.5. The topological polar surface area (TPSA) is 99.7 Å². The molecule has 0 fully saturated rings. The summed E-state index contributed by atoms with van der Waals surface area (Å²) in [6.45, 7) is 3.05. The lowest BCUT2D eigenvalue weighted by atomic mass is 10.1. The SMILES string of the molecule is CC(=O)c1ccc(Oc2cc3oc(=O)cc(C)c3cc2Cl)c([N+](=O)[O-])c1. The van der Waals surface area contributed by atoms with Crippen molar-refractivity contribution >= 4 is 34.0 Å². The second kappa shape index (κ2) is 6.61. The first-order chi connectivity index (χ1) is 12.3. The number of carbonyl (C=O) groups excluding carboxylic acids is 1. The predicted molar refractivity (Wildman–Crippen MR) is 95.4 cm³/mol. The average molecular weight is 374 g/mol. The lowest BCUT2D eigenvalue weighted by Gasteiger charge is -2.10. The van der Waals surface area contributed by atoms with E-state index in [-0.39, 0.29) is 39.1 Å². The first-order valence-electron chi connectivity index (χ1n) is 7.47. The number of Topliss-reactive ketones (excluding diaryl/α,β-unsaturated/α-hetero) is 1. The number of hydrogen-bond donors (Lipinski definition) is 0. The minimum Gasteiger partial charge on any atom is -0.448 e. The standard InChI is InChI=1S/C18H12ClNO6/c1-9-5-18(22)26-16-8-17(13(19)7-12(9)16)25-15-4-3-11(10(2)21)6-14(15)20(23)24/h3-8H,1-2H3. The van der Waals surface area contributed by atoms with E-state index < -0.39 is 10.5 Å². The molecule has 0 N–H and O–H groups in total. The van der Waals surface area contributed by atoms with Crippen LogP contribution in [0.1, 0.15) is 22.8 Å². The molecule has 0 atom stereocenters. The van der Waals surface area contributed by atoms with E-state index in [1.807, 2.05) is 0 Å². The summed E-state index contributed by atoms with van der Waals surface area (Å²) in [5.74, 6) is -0.302. The van der Waals surface area contributed by atoms with Gasteiger partial charge in [0.15, 0.2) is 5.78 Å². The van der Waals surface area contributed by atoms with E-state index in [0.29, 0.717) is 10.9 Å². The Kier molecular flexibility index (Phi) is 4.48. The zero-order chi connectivity index (χ0) is 19.0. The molecule has 0 unspecified atom stereocenters. The third-order valence-electron chi connectivity index (χ3n) is 3.79. The Morgan fingerprint density at radius 3 is 2.58 bits per heavy atom. The number of carbonyl (C=O) groups is 1. The third kappa shape index (κ3) is 3.29. The van der Waals surface area contributed by atoms with Crippen LogP contribution in [0.5, 0.6) is 11.5 Å². The van der Waals surface area contributed by atoms with Crippen molar-refractivity contribution < 1.29 is 18.9 Å². The van der Waals surface area contributed by atoms with Crippen molar-refractivity contribution in [3.05, 3.63) is 73.1 Å². The second-order valence-corrected chi connectivity index (χ2v) is 6.03. The molecule has 7 nitrogen and oxygen atoms in total. The van der Waals surface area contributed by atoms with Crippen LogP contribution in [0.15, 0.2) is 45.6 Å². The number of halogens is 1. The fraction of sp³-hybridized carbons (Fsp3) is 0.111. The number of ketones is 1. The molecule has 0 amide bonds. The van der Waals surface area contributed by atoms with E-state index in [1.54, 1.807) is 13.0 Å². The maximum Gasteiger partial charge on any atom is 0.336 e. The van der Waals surface area contributed by atoms with Gasteiger partial charge in [0.1, 0.15) is 11.3 Å². The fourth-order valence-corrected chi connectivity index (χ4v) is 2.68. The molecule has 0 aliphatic heterocycles. The van der Waals surface area contributed by atoms with Gasteiger partial charge in [-0.1, -0.05) is 11.6 Å². The molecular formula is C18H12ClNO6. The van der Waals surface area contributed by atoms with Crippen molar-refractivity contribution in [1.29, 1.82) is 0 Å². The Bertz CT molecular complexity index is 1120. The molecule has 0 spiro atoms. The highest BCUT2D eigenvalue weighted by Crippen LogP contribution is 2.38. The summed E-state index contributed by atoms with van der Waals surface area (Å²) >= 11 is 6.21.